The standard InChI is InChI=1S/C16H23N3O3S/c1-12(13-5-7-15(8-6-13)23(4,21)22)17-11-16(2,20)14-9-18-19(3)10-14/h5-10,12,17,20H,11H2,1-4H3. The molecular weight excluding hydrogens is 314 g/mol. The Morgan fingerprint density at radius 1 is 1.35 bits per heavy atom. The molecule has 126 valence electrons. The molecule has 0 aliphatic rings. The van der Waals surface area contributed by atoms with E-state index in [1.165, 1.54) is 6.26 Å². The first-order chi connectivity index (χ1) is 10.6. The molecule has 0 radical (unpaired) electrons. The van der Waals surface area contributed by atoms with Gasteiger partial charge in [0.25, 0.3) is 0 Å². The second-order valence-corrected chi connectivity index (χ2v) is 8.14. The maximum absolute atomic E-state index is 11.5. The molecule has 2 aromatic rings. The first kappa shape index (κ1) is 17.7. The van der Waals surface area contributed by atoms with Crippen molar-refractivity contribution in [2.45, 2.75) is 30.4 Å². The molecule has 0 amide bonds. The van der Waals surface area contributed by atoms with Crippen molar-refractivity contribution in [1.29, 1.82) is 0 Å². The third-order valence-corrected chi connectivity index (χ3v) is 5.02. The average Bonchev–Trinajstić information content (AvgIpc) is 2.91. The molecule has 1 aromatic carbocycles. The monoisotopic (exact) mass is 337 g/mol. The summed E-state index contributed by atoms with van der Waals surface area (Å²) in [6, 6.07) is 6.75. The number of benzene rings is 1. The normalized spacial score (nSPS) is 16.0. The van der Waals surface area contributed by atoms with Gasteiger partial charge in [0.1, 0.15) is 5.60 Å². The van der Waals surface area contributed by atoms with Gasteiger partial charge >= 0.3 is 0 Å². The van der Waals surface area contributed by atoms with Gasteiger partial charge in [0.15, 0.2) is 9.84 Å². The van der Waals surface area contributed by atoms with Crippen molar-refractivity contribution in [2.75, 3.05) is 12.8 Å². The van der Waals surface area contributed by atoms with E-state index in [1.54, 1.807) is 55.3 Å². The predicted octanol–water partition coefficient (Wildman–Crippen LogP) is 1.38. The first-order valence-electron chi connectivity index (χ1n) is 7.34. The van der Waals surface area contributed by atoms with E-state index < -0.39 is 15.4 Å². The number of nitrogens with zero attached hydrogens (tertiary/aromatic N) is 2. The Morgan fingerprint density at radius 3 is 2.43 bits per heavy atom. The molecule has 23 heavy (non-hydrogen) atoms. The number of aromatic nitrogens is 2. The van der Waals surface area contributed by atoms with Crippen LogP contribution < -0.4 is 5.32 Å². The highest BCUT2D eigenvalue weighted by molar-refractivity contribution is 7.90. The second kappa shape index (κ2) is 6.43. The van der Waals surface area contributed by atoms with Crippen LogP contribution in [0.5, 0.6) is 0 Å². The van der Waals surface area contributed by atoms with Crippen molar-refractivity contribution >= 4 is 9.84 Å². The van der Waals surface area contributed by atoms with Crippen LogP contribution in [0.25, 0.3) is 0 Å². The number of hydrogen-bond donors (Lipinski definition) is 2. The van der Waals surface area contributed by atoms with Gasteiger partial charge in [-0.3, -0.25) is 4.68 Å². The van der Waals surface area contributed by atoms with Crippen LogP contribution in [-0.4, -0.2) is 36.1 Å². The van der Waals surface area contributed by atoms with Gasteiger partial charge in [-0.1, -0.05) is 12.1 Å². The van der Waals surface area contributed by atoms with Crippen molar-refractivity contribution < 1.29 is 13.5 Å². The molecule has 2 N–H and O–H groups in total. The van der Waals surface area contributed by atoms with Gasteiger partial charge < -0.3 is 10.4 Å². The van der Waals surface area contributed by atoms with Gasteiger partial charge in [-0.25, -0.2) is 8.42 Å². The van der Waals surface area contributed by atoms with Gasteiger partial charge in [-0.2, -0.15) is 5.10 Å². The quantitative estimate of drug-likeness (QED) is 0.832. The molecule has 0 saturated carbocycles. The van der Waals surface area contributed by atoms with Crippen LogP contribution >= 0.6 is 0 Å². The lowest BCUT2D eigenvalue weighted by Gasteiger charge is -2.25. The summed E-state index contributed by atoms with van der Waals surface area (Å²) in [5.74, 6) is 0. The first-order valence-corrected chi connectivity index (χ1v) is 9.23. The Morgan fingerprint density at radius 2 is 1.96 bits per heavy atom. The molecule has 7 heteroatoms. The predicted molar refractivity (Wildman–Crippen MR) is 88.7 cm³/mol. The van der Waals surface area contributed by atoms with Crippen LogP contribution in [0.4, 0.5) is 0 Å². The van der Waals surface area contributed by atoms with Gasteiger partial charge in [-0.15, -0.1) is 0 Å². The fraction of sp³-hybridized carbons (Fsp3) is 0.438. The van der Waals surface area contributed by atoms with Crippen molar-refractivity contribution in [1.82, 2.24) is 15.1 Å². The topological polar surface area (TPSA) is 84.2 Å². The molecule has 2 unspecified atom stereocenters. The molecule has 0 saturated heterocycles. The SMILES string of the molecule is CC(NCC(C)(O)c1cnn(C)c1)c1ccc(S(C)(=O)=O)cc1. The van der Waals surface area contributed by atoms with E-state index in [9.17, 15) is 13.5 Å². The Balaban J connectivity index is 2.03. The summed E-state index contributed by atoms with van der Waals surface area (Å²) in [4.78, 5) is 0.302. The zero-order valence-corrected chi connectivity index (χ0v) is 14.6. The Kier molecular flexibility index (Phi) is 4.93. The zero-order chi connectivity index (χ0) is 17.3. The summed E-state index contributed by atoms with van der Waals surface area (Å²) in [5, 5.41) is 17.9. The van der Waals surface area contributed by atoms with Crippen LogP contribution in [-0.2, 0) is 22.5 Å². The van der Waals surface area contributed by atoms with Gasteiger partial charge in [0, 0.05) is 37.7 Å². The van der Waals surface area contributed by atoms with Gasteiger partial charge in [0.2, 0.25) is 0 Å². The third-order valence-electron chi connectivity index (χ3n) is 3.89. The summed E-state index contributed by atoms with van der Waals surface area (Å²) < 4.78 is 24.6. The molecule has 2 rings (SSSR count). The van der Waals surface area contributed by atoms with Crippen molar-refractivity contribution in [2.24, 2.45) is 7.05 Å². The molecule has 0 aliphatic carbocycles. The van der Waals surface area contributed by atoms with Crippen molar-refractivity contribution in [3.63, 3.8) is 0 Å². The van der Waals surface area contributed by atoms with Crippen LogP contribution in [0.15, 0.2) is 41.6 Å². The molecule has 0 bridgehead atoms. The molecule has 0 spiro atoms. The maximum atomic E-state index is 11.5. The van der Waals surface area contributed by atoms with E-state index >= 15 is 0 Å². The minimum Gasteiger partial charge on any atom is -0.384 e. The summed E-state index contributed by atoms with van der Waals surface area (Å²) in [5.41, 5.74) is 0.668. The van der Waals surface area contributed by atoms with E-state index in [0.29, 0.717) is 11.4 Å². The number of rotatable bonds is 6. The molecule has 6 nitrogen and oxygen atoms in total. The summed E-state index contributed by atoms with van der Waals surface area (Å²) in [6.07, 6.45) is 4.62. The van der Waals surface area contributed by atoms with E-state index in [0.717, 1.165) is 11.1 Å². The number of sulfone groups is 1. The molecular formula is C16H23N3O3S. The van der Waals surface area contributed by atoms with Crippen molar-refractivity contribution in [3.8, 4) is 0 Å². The average molecular weight is 337 g/mol. The highest BCUT2D eigenvalue weighted by Crippen LogP contribution is 2.21. The molecule has 0 fully saturated rings. The second-order valence-electron chi connectivity index (χ2n) is 6.12. The largest absolute Gasteiger partial charge is 0.384 e. The lowest BCUT2D eigenvalue weighted by Crippen LogP contribution is -2.36. The number of aliphatic hydroxyl groups is 1. The number of hydrogen-bond acceptors (Lipinski definition) is 5. The third kappa shape index (κ3) is 4.40. The van der Waals surface area contributed by atoms with E-state index in [2.05, 4.69) is 10.4 Å². The van der Waals surface area contributed by atoms with Crippen LogP contribution in [0, 0.1) is 0 Å². The van der Waals surface area contributed by atoms with Crippen molar-refractivity contribution in [3.05, 3.63) is 47.8 Å². The lowest BCUT2D eigenvalue weighted by molar-refractivity contribution is 0.0543. The zero-order valence-electron chi connectivity index (χ0n) is 13.8. The van der Waals surface area contributed by atoms with Gasteiger partial charge in [-0.05, 0) is 31.5 Å². The highest BCUT2D eigenvalue weighted by Gasteiger charge is 2.25. The van der Waals surface area contributed by atoms with E-state index in [-0.39, 0.29) is 6.04 Å². The number of nitrogens with one attached hydrogen (secondary N) is 1. The fourth-order valence-electron chi connectivity index (χ4n) is 2.27. The summed E-state index contributed by atoms with van der Waals surface area (Å²) >= 11 is 0. The minimum atomic E-state index is -3.18. The Labute approximate surface area is 137 Å². The van der Waals surface area contributed by atoms with Gasteiger partial charge in [0.05, 0.1) is 11.1 Å². The smallest absolute Gasteiger partial charge is 0.175 e. The minimum absolute atomic E-state index is 0.0215. The van der Waals surface area contributed by atoms with Crippen LogP contribution in [0.2, 0.25) is 0 Å². The van der Waals surface area contributed by atoms with Crippen LogP contribution in [0.3, 0.4) is 0 Å². The maximum Gasteiger partial charge on any atom is 0.175 e. The molecule has 1 heterocycles. The van der Waals surface area contributed by atoms with E-state index in [1.807, 2.05) is 6.92 Å². The highest BCUT2D eigenvalue weighted by atomic mass is 32.2. The Bertz CT molecular complexity index is 764. The summed E-state index contributed by atoms with van der Waals surface area (Å²) in [6.45, 7) is 4.05. The molecule has 1 aromatic heterocycles. The van der Waals surface area contributed by atoms with Crippen LogP contribution in [0.1, 0.15) is 31.0 Å². The fourth-order valence-corrected chi connectivity index (χ4v) is 2.91. The molecule has 2 atom stereocenters. The number of aryl methyl sites for hydroxylation is 1. The lowest BCUT2D eigenvalue weighted by atomic mass is 9.98. The summed E-state index contributed by atoms with van der Waals surface area (Å²) in [7, 11) is -1.38. The van der Waals surface area contributed by atoms with E-state index in [4.69, 9.17) is 0 Å². The molecule has 0 aliphatic heterocycles. The Hall–Kier alpha value is -1.70.